The van der Waals surface area contributed by atoms with Crippen LogP contribution in [0.2, 0.25) is 0 Å². The molecular formula is C23H36N2O4. The molecule has 1 fully saturated rings. The average Bonchev–Trinajstić information content (AvgIpc) is 2.68. The quantitative estimate of drug-likeness (QED) is 0.661. The maximum absolute atomic E-state index is 12.4. The first-order chi connectivity index (χ1) is 13.6. The molecule has 1 aromatic rings. The summed E-state index contributed by atoms with van der Waals surface area (Å²) >= 11 is 0. The number of ether oxygens (including phenoxy) is 2. The SMILES string of the molecule is CCN(c1cccc(C(=O)OC)c1C)[C@H]1CC[C@H](N(C)C(=O)OC(C)(C)C)CC1. The summed E-state index contributed by atoms with van der Waals surface area (Å²) in [4.78, 5) is 28.6. The van der Waals surface area contributed by atoms with Crippen molar-refractivity contribution in [3.63, 3.8) is 0 Å². The average molecular weight is 405 g/mol. The summed E-state index contributed by atoms with van der Waals surface area (Å²) in [6.07, 6.45) is 3.61. The van der Waals surface area contributed by atoms with Crippen LogP contribution in [0.25, 0.3) is 0 Å². The van der Waals surface area contributed by atoms with Gasteiger partial charge in [-0.2, -0.15) is 0 Å². The standard InChI is InChI=1S/C23H36N2O4/c1-8-25(20-11-9-10-19(16(20)2)21(26)28-7)18-14-12-17(13-15-18)24(6)22(27)29-23(3,4)5/h9-11,17-18H,8,12-15H2,1-7H3/t17-,18-. The topological polar surface area (TPSA) is 59.1 Å². The van der Waals surface area contributed by atoms with E-state index < -0.39 is 5.60 Å². The summed E-state index contributed by atoms with van der Waals surface area (Å²) in [6.45, 7) is 10.6. The number of methoxy groups -OCH3 is 1. The molecule has 0 bridgehead atoms. The van der Waals surface area contributed by atoms with Crippen LogP contribution in [-0.2, 0) is 9.47 Å². The lowest BCUT2D eigenvalue weighted by atomic mass is 9.88. The Bertz CT molecular complexity index is 718. The number of nitrogens with zero attached hydrogens (tertiary/aromatic N) is 2. The minimum absolute atomic E-state index is 0.197. The number of carbonyl (C=O) groups is 2. The minimum Gasteiger partial charge on any atom is -0.465 e. The first-order valence-corrected chi connectivity index (χ1v) is 10.5. The van der Waals surface area contributed by atoms with Gasteiger partial charge in [0.2, 0.25) is 0 Å². The van der Waals surface area contributed by atoms with E-state index in [0.717, 1.165) is 43.5 Å². The molecule has 0 N–H and O–H groups in total. The molecule has 0 unspecified atom stereocenters. The molecule has 0 spiro atoms. The lowest BCUT2D eigenvalue weighted by Gasteiger charge is -2.41. The molecule has 1 amide bonds. The predicted molar refractivity (Wildman–Crippen MR) is 116 cm³/mol. The van der Waals surface area contributed by atoms with Crippen molar-refractivity contribution in [1.29, 1.82) is 0 Å². The monoisotopic (exact) mass is 404 g/mol. The normalized spacial score (nSPS) is 19.4. The van der Waals surface area contributed by atoms with Crippen molar-refractivity contribution in [2.24, 2.45) is 0 Å². The zero-order chi connectivity index (χ0) is 21.8. The van der Waals surface area contributed by atoms with Gasteiger partial charge in [0.25, 0.3) is 0 Å². The van der Waals surface area contributed by atoms with Gasteiger partial charge in [-0.25, -0.2) is 9.59 Å². The van der Waals surface area contributed by atoms with Crippen molar-refractivity contribution in [3.8, 4) is 0 Å². The highest BCUT2D eigenvalue weighted by Gasteiger charge is 2.32. The van der Waals surface area contributed by atoms with Gasteiger partial charge in [0.1, 0.15) is 5.60 Å². The van der Waals surface area contributed by atoms with Crippen LogP contribution in [0, 0.1) is 6.92 Å². The van der Waals surface area contributed by atoms with Gasteiger partial charge in [0.05, 0.1) is 12.7 Å². The van der Waals surface area contributed by atoms with Crippen LogP contribution in [0.3, 0.4) is 0 Å². The van der Waals surface area contributed by atoms with E-state index in [1.165, 1.54) is 7.11 Å². The van der Waals surface area contributed by atoms with Crippen LogP contribution in [0.5, 0.6) is 0 Å². The highest BCUT2D eigenvalue weighted by molar-refractivity contribution is 5.92. The second-order valence-corrected chi connectivity index (χ2v) is 8.78. The molecule has 1 aromatic carbocycles. The maximum atomic E-state index is 12.4. The Morgan fingerprint density at radius 3 is 2.21 bits per heavy atom. The molecule has 2 rings (SSSR count). The lowest BCUT2D eigenvalue weighted by molar-refractivity contribution is 0.0183. The van der Waals surface area contributed by atoms with E-state index in [4.69, 9.17) is 9.47 Å². The van der Waals surface area contributed by atoms with E-state index in [0.29, 0.717) is 11.6 Å². The number of esters is 1. The van der Waals surface area contributed by atoms with E-state index in [1.54, 1.807) is 4.90 Å². The molecule has 162 valence electrons. The maximum Gasteiger partial charge on any atom is 0.410 e. The molecule has 1 aliphatic rings. The van der Waals surface area contributed by atoms with Crippen LogP contribution >= 0.6 is 0 Å². The highest BCUT2D eigenvalue weighted by atomic mass is 16.6. The van der Waals surface area contributed by atoms with Crippen molar-refractivity contribution >= 4 is 17.7 Å². The van der Waals surface area contributed by atoms with Crippen LogP contribution in [0.15, 0.2) is 18.2 Å². The first-order valence-electron chi connectivity index (χ1n) is 10.5. The molecule has 6 heteroatoms. The van der Waals surface area contributed by atoms with Crippen LogP contribution in [0.1, 0.15) is 69.3 Å². The molecule has 0 atom stereocenters. The second-order valence-electron chi connectivity index (χ2n) is 8.78. The summed E-state index contributed by atoms with van der Waals surface area (Å²) in [5.41, 5.74) is 2.17. The van der Waals surface area contributed by atoms with E-state index in [1.807, 2.05) is 46.9 Å². The summed E-state index contributed by atoms with van der Waals surface area (Å²) in [7, 11) is 3.25. The molecule has 0 aliphatic heterocycles. The van der Waals surface area contributed by atoms with Crippen molar-refractivity contribution in [2.75, 3.05) is 25.6 Å². The van der Waals surface area contributed by atoms with Crippen LogP contribution in [-0.4, -0.2) is 55.3 Å². The summed E-state index contributed by atoms with van der Waals surface area (Å²) < 4.78 is 10.4. The van der Waals surface area contributed by atoms with Crippen LogP contribution in [0.4, 0.5) is 10.5 Å². The Morgan fingerprint density at radius 1 is 1.10 bits per heavy atom. The number of rotatable bonds is 5. The summed E-state index contributed by atoms with van der Waals surface area (Å²) in [6, 6.07) is 6.38. The third-order valence-corrected chi connectivity index (χ3v) is 5.70. The lowest BCUT2D eigenvalue weighted by Crippen LogP contribution is -2.46. The smallest absolute Gasteiger partial charge is 0.410 e. The van der Waals surface area contributed by atoms with Crippen molar-refractivity contribution in [3.05, 3.63) is 29.3 Å². The fourth-order valence-electron chi connectivity index (χ4n) is 4.13. The van der Waals surface area contributed by atoms with E-state index >= 15 is 0 Å². The molecule has 0 saturated heterocycles. The molecule has 29 heavy (non-hydrogen) atoms. The molecule has 0 radical (unpaired) electrons. The minimum atomic E-state index is -0.482. The van der Waals surface area contributed by atoms with Crippen molar-refractivity contribution < 1.29 is 19.1 Å². The van der Waals surface area contributed by atoms with Crippen molar-refractivity contribution in [1.82, 2.24) is 4.90 Å². The molecule has 0 heterocycles. The summed E-state index contributed by atoms with van der Waals surface area (Å²) in [5.74, 6) is -0.303. The molecule has 1 aliphatic carbocycles. The first kappa shape index (κ1) is 23.0. The van der Waals surface area contributed by atoms with Gasteiger partial charge in [-0.05, 0) is 78.0 Å². The molecular weight excluding hydrogens is 368 g/mol. The zero-order valence-corrected chi connectivity index (χ0v) is 18.9. The van der Waals surface area contributed by atoms with E-state index in [9.17, 15) is 9.59 Å². The van der Waals surface area contributed by atoms with Gasteiger partial charge < -0.3 is 19.3 Å². The Kier molecular flexibility index (Phi) is 7.55. The van der Waals surface area contributed by atoms with Crippen molar-refractivity contribution in [2.45, 2.75) is 78.0 Å². The Hall–Kier alpha value is -2.24. The zero-order valence-electron chi connectivity index (χ0n) is 18.9. The number of hydrogen-bond donors (Lipinski definition) is 0. The van der Waals surface area contributed by atoms with E-state index in [-0.39, 0.29) is 18.1 Å². The van der Waals surface area contributed by atoms with Gasteiger partial charge in [-0.1, -0.05) is 6.07 Å². The molecule has 0 aromatic heterocycles. The second kappa shape index (κ2) is 9.51. The highest BCUT2D eigenvalue weighted by Crippen LogP contribution is 2.32. The summed E-state index contributed by atoms with van der Waals surface area (Å²) in [5, 5.41) is 0. The van der Waals surface area contributed by atoms with Gasteiger partial charge in [0.15, 0.2) is 0 Å². The fraction of sp³-hybridized carbons (Fsp3) is 0.652. The fourth-order valence-corrected chi connectivity index (χ4v) is 4.13. The number of benzene rings is 1. The van der Waals surface area contributed by atoms with E-state index in [2.05, 4.69) is 17.9 Å². The predicted octanol–water partition coefficient (Wildman–Crippen LogP) is 4.79. The Balaban J connectivity index is 2.08. The third kappa shape index (κ3) is 5.64. The Labute approximate surface area is 175 Å². The number of carbonyl (C=O) groups excluding carboxylic acids is 2. The van der Waals surface area contributed by atoms with Gasteiger partial charge in [-0.3, -0.25) is 0 Å². The number of hydrogen-bond acceptors (Lipinski definition) is 5. The molecule has 1 saturated carbocycles. The number of amides is 1. The van der Waals surface area contributed by atoms with Crippen LogP contribution < -0.4 is 4.90 Å². The van der Waals surface area contributed by atoms with Gasteiger partial charge in [-0.15, -0.1) is 0 Å². The number of anilines is 1. The van der Waals surface area contributed by atoms with Gasteiger partial charge >= 0.3 is 12.1 Å². The Morgan fingerprint density at radius 2 is 1.69 bits per heavy atom. The van der Waals surface area contributed by atoms with Gasteiger partial charge in [0, 0.05) is 31.4 Å². The third-order valence-electron chi connectivity index (χ3n) is 5.70. The largest absolute Gasteiger partial charge is 0.465 e. The molecule has 6 nitrogen and oxygen atoms in total.